The molecule has 4 nitrogen and oxygen atoms in total. The fourth-order valence-corrected chi connectivity index (χ4v) is 3.49. The van der Waals surface area contributed by atoms with E-state index < -0.39 is 0 Å². The van der Waals surface area contributed by atoms with Crippen molar-refractivity contribution >= 4 is 0 Å². The maximum Gasteiger partial charge on any atom is 0.118 e. The van der Waals surface area contributed by atoms with Gasteiger partial charge in [-0.15, -0.1) is 0 Å². The molecule has 23 heavy (non-hydrogen) atoms. The van der Waals surface area contributed by atoms with Gasteiger partial charge in [0, 0.05) is 25.0 Å². The number of hydrogen-bond donors (Lipinski definition) is 0. The summed E-state index contributed by atoms with van der Waals surface area (Å²) in [7, 11) is 6.05. The molecule has 0 saturated carbocycles. The second-order valence-corrected chi connectivity index (χ2v) is 6.62. The smallest absolute Gasteiger partial charge is 0.118 e. The van der Waals surface area contributed by atoms with Crippen LogP contribution in [0.25, 0.3) is 0 Å². The van der Waals surface area contributed by atoms with E-state index in [9.17, 15) is 0 Å². The predicted octanol–water partition coefficient (Wildman–Crippen LogP) is 3.13. The molecule has 0 radical (unpaired) electrons. The molecule has 1 aromatic heterocycles. The van der Waals surface area contributed by atoms with Crippen LogP contribution in [-0.4, -0.2) is 50.1 Å². The molecule has 0 bridgehead atoms. The number of methoxy groups -OCH3 is 1. The molecule has 124 valence electrons. The van der Waals surface area contributed by atoms with Crippen LogP contribution in [0.3, 0.4) is 0 Å². The highest BCUT2D eigenvalue weighted by Crippen LogP contribution is 2.32. The Morgan fingerprint density at radius 1 is 1.13 bits per heavy atom. The van der Waals surface area contributed by atoms with Gasteiger partial charge in [-0.2, -0.15) is 0 Å². The Hall–Kier alpha value is -1.78. The van der Waals surface area contributed by atoms with Crippen molar-refractivity contribution in [3.63, 3.8) is 0 Å². The Kier molecular flexibility index (Phi) is 4.74. The van der Waals surface area contributed by atoms with E-state index in [1.54, 1.807) is 7.11 Å². The lowest BCUT2D eigenvalue weighted by molar-refractivity contribution is 0.248. The molecule has 3 rings (SSSR count). The SMILES string of the molecule is COc1ccc(C2CN(Cc3ccc(C)o3)CC2N(C)C)cc1. The number of rotatable bonds is 5. The summed E-state index contributed by atoms with van der Waals surface area (Å²) in [5, 5.41) is 0. The predicted molar refractivity (Wildman–Crippen MR) is 91.9 cm³/mol. The molecule has 1 aliphatic rings. The van der Waals surface area contributed by atoms with Crippen LogP contribution in [0.5, 0.6) is 5.75 Å². The van der Waals surface area contributed by atoms with Gasteiger partial charge in [0.2, 0.25) is 0 Å². The number of nitrogens with zero attached hydrogens (tertiary/aromatic N) is 2. The van der Waals surface area contributed by atoms with Crippen molar-refractivity contribution in [1.29, 1.82) is 0 Å². The number of ether oxygens (including phenoxy) is 1. The summed E-state index contributed by atoms with van der Waals surface area (Å²) in [6.45, 7) is 4.99. The Morgan fingerprint density at radius 2 is 1.87 bits per heavy atom. The monoisotopic (exact) mass is 314 g/mol. The average Bonchev–Trinajstić information content (AvgIpc) is 3.14. The summed E-state index contributed by atoms with van der Waals surface area (Å²) >= 11 is 0. The highest BCUT2D eigenvalue weighted by Gasteiger charge is 2.35. The molecule has 2 atom stereocenters. The second kappa shape index (κ2) is 6.77. The summed E-state index contributed by atoms with van der Waals surface area (Å²) in [5.41, 5.74) is 1.38. The van der Waals surface area contributed by atoms with E-state index in [0.717, 1.165) is 36.9 Å². The topological polar surface area (TPSA) is 28.9 Å². The molecule has 0 aliphatic carbocycles. The van der Waals surface area contributed by atoms with Gasteiger partial charge in [0.25, 0.3) is 0 Å². The largest absolute Gasteiger partial charge is 0.497 e. The van der Waals surface area contributed by atoms with Gasteiger partial charge in [-0.25, -0.2) is 0 Å². The van der Waals surface area contributed by atoms with Crippen molar-refractivity contribution in [2.75, 3.05) is 34.3 Å². The molecule has 1 aromatic carbocycles. The number of hydrogen-bond acceptors (Lipinski definition) is 4. The maximum atomic E-state index is 5.74. The van der Waals surface area contributed by atoms with E-state index >= 15 is 0 Å². The molecular weight excluding hydrogens is 288 g/mol. The standard InChI is InChI=1S/C19H26N2O2/c1-14-5-8-17(23-14)11-21-12-18(19(13-21)20(2)3)15-6-9-16(22-4)10-7-15/h5-10,18-19H,11-13H2,1-4H3. The van der Waals surface area contributed by atoms with Gasteiger partial charge in [0.1, 0.15) is 17.3 Å². The molecule has 1 aliphatic heterocycles. The highest BCUT2D eigenvalue weighted by atomic mass is 16.5. The molecule has 4 heteroatoms. The van der Waals surface area contributed by atoms with E-state index in [2.05, 4.69) is 54.2 Å². The fraction of sp³-hybridized carbons (Fsp3) is 0.474. The molecule has 1 fully saturated rings. The van der Waals surface area contributed by atoms with Crippen LogP contribution in [0.4, 0.5) is 0 Å². The number of likely N-dealkylation sites (N-methyl/N-ethyl adjacent to an activating group) is 1. The number of likely N-dealkylation sites (tertiary alicyclic amines) is 1. The first kappa shape index (κ1) is 16.1. The first-order chi connectivity index (χ1) is 11.1. The molecule has 0 spiro atoms. The van der Waals surface area contributed by atoms with Crippen molar-refractivity contribution in [3.05, 3.63) is 53.5 Å². The van der Waals surface area contributed by atoms with Crippen LogP contribution in [0.15, 0.2) is 40.8 Å². The highest BCUT2D eigenvalue weighted by molar-refractivity contribution is 5.31. The van der Waals surface area contributed by atoms with Gasteiger partial charge in [0.15, 0.2) is 0 Å². The summed E-state index contributed by atoms with van der Waals surface area (Å²) in [6, 6.07) is 13.1. The minimum atomic E-state index is 0.506. The van der Waals surface area contributed by atoms with E-state index in [4.69, 9.17) is 9.15 Å². The Balaban J connectivity index is 1.75. The van der Waals surface area contributed by atoms with Gasteiger partial charge in [-0.3, -0.25) is 4.90 Å². The molecule has 2 heterocycles. The van der Waals surface area contributed by atoms with E-state index in [-0.39, 0.29) is 0 Å². The number of benzene rings is 1. The normalized spacial score (nSPS) is 22.0. The lowest BCUT2D eigenvalue weighted by Gasteiger charge is -2.25. The van der Waals surface area contributed by atoms with Gasteiger partial charge in [-0.1, -0.05) is 12.1 Å². The van der Waals surface area contributed by atoms with Gasteiger partial charge < -0.3 is 14.1 Å². The zero-order chi connectivity index (χ0) is 16.4. The van der Waals surface area contributed by atoms with E-state index in [1.165, 1.54) is 5.56 Å². The molecular formula is C19H26N2O2. The van der Waals surface area contributed by atoms with Crippen molar-refractivity contribution in [2.24, 2.45) is 0 Å². The van der Waals surface area contributed by atoms with E-state index in [1.807, 2.05) is 13.0 Å². The van der Waals surface area contributed by atoms with Crippen LogP contribution in [0, 0.1) is 6.92 Å². The number of furan rings is 1. The van der Waals surface area contributed by atoms with Crippen molar-refractivity contribution in [1.82, 2.24) is 9.80 Å². The Bertz CT molecular complexity index is 633. The van der Waals surface area contributed by atoms with Crippen LogP contribution in [-0.2, 0) is 6.54 Å². The van der Waals surface area contributed by atoms with Gasteiger partial charge in [0.05, 0.1) is 13.7 Å². The van der Waals surface area contributed by atoms with E-state index in [0.29, 0.717) is 12.0 Å². The summed E-state index contributed by atoms with van der Waals surface area (Å²) in [5.74, 6) is 3.45. The zero-order valence-corrected chi connectivity index (χ0v) is 14.5. The molecule has 1 saturated heterocycles. The number of aryl methyl sites for hydroxylation is 1. The minimum Gasteiger partial charge on any atom is -0.497 e. The third kappa shape index (κ3) is 3.59. The lowest BCUT2D eigenvalue weighted by atomic mass is 9.93. The maximum absolute atomic E-state index is 5.74. The summed E-state index contributed by atoms with van der Waals surface area (Å²) in [4.78, 5) is 4.82. The first-order valence-corrected chi connectivity index (χ1v) is 8.15. The zero-order valence-electron chi connectivity index (χ0n) is 14.5. The molecule has 2 aromatic rings. The molecule has 2 unspecified atom stereocenters. The van der Waals surface area contributed by atoms with Crippen molar-refractivity contribution in [2.45, 2.75) is 25.4 Å². The van der Waals surface area contributed by atoms with Crippen molar-refractivity contribution < 1.29 is 9.15 Å². The minimum absolute atomic E-state index is 0.506. The van der Waals surface area contributed by atoms with Gasteiger partial charge >= 0.3 is 0 Å². The Morgan fingerprint density at radius 3 is 2.43 bits per heavy atom. The first-order valence-electron chi connectivity index (χ1n) is 8.15. The van der Waals surface area contributed by atoms with Crippen LogP contribution in [0.1, 0.15) is 23.0 Å². The second-order valence-electron chi connectivity index (χ2n) is 6.62. The molecule has 0 N–H and O–H groups in total. The van der Waals surface area contributed by atoms with Crippen LogP contribution in [0.2, 0.25) is 0 Å². The average molecular weight is 314 g/mol. The lowest BCUT2D eigenvalue weighted by Crippen LogP contribution is -2.34. The van der Waals surface area contributed by atoms with Crippen LogP contribution >= 0.6 is 0 Å². The quantitative estimate of drug-likeness (QED) is 0.848. The molecule has 0 amide bonds. The summed E-state index contributed by atoms with van der Waals surface area (Å²) in [6.07, 6.45) is 0. The third-order valence-corrected chi connectivity index (χ3v) is 4.75. The summed E-state index contributed by atoms with van der Waals surface area (Å²) < 4.78 is 11.0. The fourth-order valence-electron chi connectivity index (χ4n) is 3.49. The van der Waals surface area contributed by atoms with Gasteiger partial charge in [-0.05, 0) is 50.8 Å². The van der Waals surface area contributed by atoms with Crippen LogP contribution < -0.4 is 4.74 Å². The Labute approximate surface area is 138 Å². The van der Waals surface area contributed by atoms with Crippen molar-refractivity contribution in [3.8, 4) is 5.75 Å². The third-order valence-electron chi connectivity index (χ3n) is 4.75.